The van der Waals surface area contributed by atoms with Gasteiger partial charge in [-0.1, -0.05) is 29.4 Å². The molecule has 2 aromatic carbocycles. The Hall–Kier alpha value is -4.41. The maximum absolute atomic E-state index is 12.4. The summed E-state index contributed by atoms with van der Waals surface area (Å²) in [6.07, 6.45) is -3.10. The van der Waals surface area contributed by atoms with E-state index in [0.717, 1.165) is 23.3 Å². The Balaban J connectivity index is 1.53. The van der Waals surface area contributed by atoms with Crippen LogP contribution in [-0.4, -0.2) is 34.1 Å². The Labute approximate surface area is 196 Å². The average molecular weight is 485 g/mol. The van der Waals surface area contributed by atoms with Gasteiger partial charge in [0, 0.05) is 17.8 Å². The maximum Gasteiger partial charge on any atom is 0.573 e. The van der Waals surface area contributed by atoms with Gasteiger partial charge in [0.2, 0.25) is 5.82 Å². The molecule has 0 bridgehead atoms. The largest absolute Gasteiger partial charge is 0.573 e. The number of ether oxygens (including phenoxy) is 2. The Kier molecular flexibility index (Phi) is 6.67. The minimum Gasteiger partial charge on any atom is -0.469 e. The van der Waals surface area contributed by atoms with Crippen LogP contribution < -0.4 is 10.3 Å². The van der Waals surface area contributed by atoms with E-state index >= 15 is 0 Å². The lowest BCUT2D eigenvalue weighted by Gasteiger charge is -2.08. The molecule has 0 unspecified atom stereocenters. The lowest BCUT2D eigenvalue weighted by atomic mass is 10.1. The van der Waals surface area contributed by atoms with Gasteiger partial charge in [0.25, 0.3) is 11.4 Å². The summed E-state index contributed by atoms with van der Waals surface area (Å²) >= 11 is 0. The second-order valence-electron chi connectivity index (χ2n) is 7.45. The highest BCUT2D eigenvalue weighted by Gasteiger charge is 2.31. The molecule has 0 spiro atoms. The van der Waals surface area contributed by atoms with Gasteiger partial charge >= 0.3 is 12.3 Å². The van der Waals surface area contributed by atoms with Crippen molar-refractivity contribution in [3.63, 3.8) is 0 Å². The third-order valence-corrected chi connectivity index (χ3v) is 4.92. The zero-order chi connectivity index (χ0) is 25.0. The second kappa shape index (κ2) is 9.84. The van der Waals surface area contributed by atoms with Crippen LogP contribution >= 0.6 is 0 Å². The maximum atomic E-state index is 12.4. The molecule has 2 aromatic heterocycles. The molecular weight excluding hydrogens is 467 g/mol. The van der Waals surface area contributed by atoms with Crippen molar-refractivity contribution in [1.82, 2.24) is 14.7 Å². The topological polar surface area (TPSA) is 96.5 Å². The predicted octanol–water partition coefficient (Wildman–Crippen LogP) is 4.23. The molecular formula is C24H18F3N3O5. The summed E-state index contributed by atoms with van der Waals surface area (Å²) in [4.78, 5) is 28.2. The van der Waals surface area contributed by atoms with Gasteiger partial charge in [0.1, 0.15) is 5.75 Å². The summed E-state index contributed by atoms with van der Waals surface area (Å²) in [5, 5.41) is 3.87. The fourth-order valence-electron chi connectivity index (χ4n) is 3.32. The van der Waals surface area contributed by atoms with Crippen LogP contribution in [0.5, 0.6) is 5.75 Å². The van der Waals surface area contributed by atoms with Gasteiger partial charge < -0.3 is 18.6 Å². The summed E-state index contributed by atoms with van der Waals surface area (Å²) in [7, 11) is 1.32. The number of pyridine rings is 1. The molecule has 8 nitrogen and oxygen atoms in total. The fourth-order valence-corrected chi connectivity index (χ4v) is 3.32. The molecule has 4 aromatic rings. The van der Waals surface area contributed by atoms with E-state index in [4.69, 9.17) is 4.52 Å². The first-order valence-corrected chi connectivity index (χ1v) is 10.3. The number of aromatic nitrogens is 3. The minimum atomic E-state index is -4.79. The zero-order valence-corrected chi connectivity index (χ0v) is 18.3. The van der Waals surface area contributed by atoms with E-state index in [1.165, 1.54) is 35.9 Å². The van der Waals surface area contributed by atoms with E-state index in [2.05, 4.69) is 19.6 Å². The van der Waals surface area contributed by atoms with E-state index in [9.17, 15) is 22.8 Å². The van der Waals surface area contributed by atoms with Crippen molar-refractivity contribution >= 4 is 5.97 Å². The van der Waals surface area contributed by atoms with Crippen LogP contribution in [0.25, 0.3) is 22.8 Å². The van der Waals surface area contributed by atoms with E-state index in [1.807, 2.05) is 12.1 Å². The van der Waals surface area contributed by atoms with Crippen molar-refractivity contribution in [3.05, 3.63) is 88.3 Å². The Morgan fingerprint density at radius 1 is 1.03 bits per heavy atom. The highest BCUT2D eigenvalue weighted by atomic mass is 19.4. The molecule has 0 radical (unpaired) electrons. The molecule has 0 aliphatic carbocycles. The first kappa shape index (κ1) is 23.7. The predicted molar refractivity (Wildman–Crippen MR) is 117 cm³/mol. The molecule has 2 heterocycles. The standard InChI is InChI=1S/C24H18F3N3O5/c1-33-21(32)12-15-3-2-4-16(11-15)13-30-14-18(7-10-20(30)31)23-28-22(29-35-23)17-5-8-19(9-6-17)34-24(25,26)27/h2-11,14H,12-13H2,1H3. The summed E-state index contributed by atoms with van der Waals surface area (Å²) in [5.41, 5.74) is 2.20. The number of halogens is 3. The number of alkyl halides is 3. The van der Waals surface area contributed by atoms with Gasteiger partial charge in [-0.25, -0.2) is 0 Å². The molecule has 4 rings (SSSR count). The third-order valence-electron chi connectivity index (χ3n) is 4.92. The molecule has 0 aliphatic rings. The van der Waals surface area contributed by atoms with Crippen LogP contribution in [0.1, 0.15) is 11.1 Å². The highest BCUT2D eigenvalue weighted by molar-refractivity contribution is 5.72. The molecule has 180 valence electrons. The summed E-state index contributed by atoms with van der Waals surface area (Å²) in [6, 6.07) is 15.2. The van der Waals surface area contributed by atoms with Gasteiger partial charge in [0.05, 0.1) is 25.6 Å². The number of carbonyl (C=O) groups excluding carboxylic acids is 1. The normalized spacial score (nSPS) is 11.3. The molecule has 0 fully saturated rings. The number of benzene rings is 2. The van der Waals surface area contributed by atoms with E-state index in [0.29, 0.717) is 11.1 Å². The first-order chi connectivity index (χ1) is 16.7. The lowest BCUT2D eigenvalue weighted by Crippen LogP contribution is -2.19. The van der Waals surface area contributed by atoms with E-state index < -0.39 is 6.36 Å². The number of carbonyl (C=O) groups is 1. The summed E-state index contributed by atoms with van der Waals surface area (Å²) in [6.45, 7) is 0.239. The highest BCUT2D eigenvalue weighted by Crippen LogP contribution is 2.26. The average Bonchev–Trinajstić information content (AvgIpc) is 3.30. The number of esters is 1. The molecule has 0 amide bonds. The minimum absolute atomic E-state index is 0.118. The molecule has 11 heteroatoms. The van der Waals surface area contributed by atoms with Crippen LogP contribution in [0, 0.1) is 0 Å². The summed E-state index contributed by atoms with van der Waals surface area (Å²) in [5.74, 6) is -0.445. The van der Waals surface area contributed by atoms with Crippen molar-refractivity contribution in [3.8, 4) is 28.6 Å². The van der Waals surface area contributed by atoms with Crippen LogP contribution in [0.2, 0.25) is 0 Å². The van der Waals surface area contributed by atoms with Gasteiger partial charge in [0.15, 0.2) is 0 Å². The quantitative estimate of drug-likeness (QED) is 0.362. The van der Waals surface area contributed by atoms with Crippen LogP contribution in [0.3, 0.4) is 0 Å². The molecule has 0 saturated carbocycles. The second-order valence-corrected chi connectivity index (χ2v) is 7.45. The molecule has 0 atom stereocenters. The van der Waals surface area contributed by atoms with Crippen LogP contribution in [-0.2, 0) is 22.5 Å². The molecule has 0 saturated heterocycles. The van der Waals surface area contributed by atoms with Crippen LogP contribution in [0.15, 0.2) is 76.2 Å². The number of hydrogen-bond acceptors (Lipinski definition) is 7. The van der Waals surface area contributed by atoms with Crippen molar-refractivity contribution in [2.45, 2.75) is 19.3 Å². The van der Waals surface area contributed by atoms with Gasteiger partial charge in [-0.05, 0) is 41.5 Å². The van der Waals surface area contributed by atoms with Gasteiger partial charge in [-0.15, -0.1) is 13.2 Å². The molecule has 35 heavy (non-hydrogen) atoms. The number of methoxy groups -OCH3 is 1. The van der Waals surface area contributed by atoms with Gasteiger partial charge in [-0.2, -0.15) is 4.98 Å². The van der Waals surface area contributed by atoms with Crippen molar-refractivity contribution in [1.29, 1.82) is 0 Å². The fraction of sp³-hybridized carbons (Fsp3) is 0.167. The summed E-state index contributed by atoms with van der Waals surface area (Å²) < 4.78 is 52.3. The van der Waals surface area contributed by atoms with Crippen molar-refractivity contribution in [2.24, 2.45) is 0 Å². The number of nitrogens with zero attached hydrogens (tertiary/aromatic N) is 3. The SMILES string of the molecule is COC(=O)Cc1cccc(Cn2cc(-c3nc(-c4ccc(OC(F)(F)F)cc4)no3)ccc2=O)c1. The Morgan fingerprint density at radius 3 is 2.46 bits per heavy atom. The monoisotopic (exact) mass is 485 g/mol. The lowest BCUT2D eigenvalue weighted by molar-refractivity contribution is -0.274. The number of hydrogen-bond donors (Lipinski definition) is 0. The third kappa shape index (κ3) is 6.14. The van der Waals surface area contributed by atoms with Crippen molar-refractivity contribution < 1.29 is 32.0 Å². The van der Waals surface area contributed by atoms with E-state index in [1.54, 1.807) is 18.3 Å². The Morgan fingerprint density at radius 2 is 1.74 bits per heavy atom. The Bertz CT molecular complexity index is 1390. The molecule has 0 N–H and O–H groups in total. The zero-order valence-electron chi connectivity index (χ0n) is 18.3. The molecule has 0 aliphatic heterocycles. The first-order valence-electron chi connectivity index (χ1n) is 10.3. The smallest absolute Gasteiger partial charge is 0.469 e. The van der Waals surface area contributed by atoms with Crippen molar-refractivity contribution in [2.75, 3.05) is 7.11 Å². The van der Waals surface area contributed by atoms with Crippen LogP contribution in [0.4, 0.5) is 13.2 Å². The van der Waals surface area contributed by atoms with Gasteiger partial charge in [-0.3, -0.25) is 9.59 Å². The van der Waals surface area contributed by atoms with E-state index in [-0.39, 0.29) is 42.0 Å². The number of rotatable bonds is 7.